The number of methoxy groups -OCH3 is 3. The molecule has 1 fully saturated rings. The summed E-state index contributed by atoms with van der Waals surface area (Å²) in [6.45, 7) is 0.890. The number of hydrogen-bond donors (Lipinski definition) is 2. The van der Waals surface area contributed by atoms with Crippen LogP contribution in [0, 0.1) is 5.92 Å². The molecule has 21 heavy (non-hydrogen) atoms. The highest BCUT2D eigenvalue weighted by Gasteiger charge is 2.32. The summed E-state index contributed by atoms with van der Waals surface area (Å²) < 4.78 is 16.1. The van der Waals surface area contributed by atoms with Gasteiger partial charge >= 0.3 is 5.97 Å². The Labute approximate surface area is 124 Å². The van der Waals surface area contributed by atoms with Gasteiger partial charge in [-0.1, -0.05) is 12.1 Å². The second-order valence-electron chi connectivity index (χ2n) is 5.05. The first kappa shape index (κ1) is 15.6. The summed E-state index contributed by atoms with van der Waals surface area (Å²) in [6, 6.07) is 3.82. The standard InChI is InChI=1S/C15H21NO5/c1-19-8-9-4-5-11(14(21-3)13(9)20-2)12-6-10(7-16-12)15(17)18/h4-5,10,12,16H,6-8H2,1-3H3,(H,17,18). The van der Waals surface area contributed by atoms with Crippen LogP contribution in [0.3, 0.4) is 0 Å². The molecule has 1 saturated heterocycles. The van der Waals surface area contributed by atoms with Gasteiger partial charge in [0.2, 0.25) is 0 Å². The van der Waals surface area contributed by atoms with Gasteiger partial charge in [0, 0.05) is 30.8 Å². The van der Waals surface area contributed by atoms with Gasteiger partial charge < -0.3 is 24.6 Å². The molecule has 2 atom stereocenters. The molecule has 1 aromatic carbocycles. The van der Waals surface area contributed by atoms with E-state index in [2.05, 4.69) is 5.32 Å². The predicted octanol–water partition coefficient (Wildman–Crippen LogP) is 1.59. The molecule has 116 valence electrons. The van der Waals surface area contributed by atoms with E-state index in [-0.39, 0.29) is 12.0 Å². The lowest BCUT2D eigenvalue weighted by Crippen LogP contribution is -2.17. The summed E-state index contributed by atoms with van der Waals surface area (Å²) in [4.78, 5) is 11.1. The van der Waals surface area contributed by atoms with Crippen molar-refractivity contribution in [3.8, 4) is 11.5 Å². The predicted molar refractivity (Wildman–Crippen MR) is 76.7 cm³/mol. The fraction of sp³-hybridized carbons (Fsp3) is 0.533. The van der Waals surface area contributed by atoms with E-state index in [4.69, 9.17) is 19.3 Å². The maximum atomic E-state index is 11.1. The van der Waals surface area contributed by atoms with Crippen LogP contribution in [-0.4, -0.2) is 38.9 Å². The van der Waals surface area contributed by atoms with Gasteiger partial charge in [-0.3, -0.25) is 4.79 Å². The number of nitrogens with one attached hydrogen (secondary N) is 1. The molecule has 1 aromatic rings. The minimum atomic E-state index is -0.771. The molecule has 0 aliphatic carbocycles. The highest BCUT2D eigenvalue weighted by molar-refractivity contribution is 5.71. The van der Waals surface area contributed by atoms with Crippen molar-refractivity contribution in [1.29, 1.82) is 0 Å². The maximum absolute atomic E-state index is 11.1. The second kappa shape index (κ2) is 6.78. The average molecular weight is 295 g/mol. The molecule has 0 radical (unpaired) electrons. The summed E-state index contributed by atoms with van der Waals surface area (Å²) in [6.07, 6.45) is 0.540. The fourth-order valence-corrected chi connectivity index (χ4v) is 2.76. The van der Waals surface area contributed by atoms with Gasteiger partial charge in [0.25, 0.3) is 0 Å². The van der Waals surface area contributed by atoms with Gasteiger partial charge in [-0.2, -0.15) is 0 Å². The Balaban J connectivity index is 2.34. The first-order chi connectivity index (χ1) is 10.1. The number of rotatable bonds is 6. The van der Waals surface area contributed by atoms with E-state index in [1.807, 2.05) is 12.1 Å². The lowest BCUT2D eigenvalue weighted by Gasteiger charge is -2.20. The molecule has 2 unspecified atom stereocenters. The van der Waals surface area contributed by atoms with Crippen LogP contribution in [0.15, 0.2) is 12.1 Å². The largest absolute Gasteiger partial charge is 0.492 e. The van der Waals surface area contributed by atoms with Crippen molar-refractivity contribution in [2.75, 3.05) is 27.9 Å². The Kier molecular flexibility index (Phi) is 5.03. The molecular formula is C15H21NO5. The van der Waals surface area contributed by atoms with E-state index in [9.17, 15) is 4.79 Å². The van der Waals surface area contributed by atoms with Crippen molar-refractivity contribution in [2.45, 2.75) is 19.1 Å². The van der Waals surface area contributed by atoms with Crippen molar-refractivity contribution in [1.82, 2.24) is 5.32 Å². The van der Waals surface area contributed by atoms with Crippen LogP contribution in [-0.2, 0) is 16.1 Å². The molecule has 0 saturated carbocycles. The van der Waals surface area contributed by atoms with Crippen molar-refractivity contribution in [2.24, 2.45) is 5.92 Å². The molecule has 0 bridgehead atoms. The SMILES string of the molecule is COCc1ccc(C2CC(C(=O)O)CN2)c(OC)c1OC. The summed E-state index contributed by atoms with van der Waals surface area (Å²) in [5, 5.41) is 12.3. The number of ether oxygens (including phenoxy) is 3. The Morgan fingerprint density at radius 3 is 2.52 bits per heavy atom. The zero-order chi connectivity index (χ0) is 15.4. The van der Waals surface area contributed by atoms with Crippen LogP contribution in [0.25, 0.3) is 0 Å². The number of hydrogen-bond acceptors (Lipinski definition) is 5. The molecule has 0 spiro atoms. The van der Waals surface area contributed by atoms with Crippen LogP contribution in [0.2, 0.25) is 0 Å². The summed E-state index contributed by atoms with van der Waals surface area (Å²) in [7, 11) is 4.79. The van der Waals surface area contributed by atoms with Crippen LogP contribution in [0.4, 0.5) is 0 Å². The van der Waals surface area contributed by atoms with Crippen molar-refractivity contribution >= 4 is 5.97 Å². The third kappa shape index (κ3) is 3.11. The van der Waals surface area contributed by atoms with Gasteiger partial charge in [-0.15, -0.1) is 0 Å². The Morgan fingerprint density at radius 1 is 1.29 bits per heavy atom. The lowest BCUT2D eigenvalue weighted by atomic mass is 9.97. The van der Waals surface area contributed by atoms with Crippen LogP contribution in [0.5, 0.6) is 11.5 Å². The van der Waals surface area contributed by atoms with Crippen molar-refractivity contribution in [3.05, 3.63) is 23.3 Å². The Morgan fingerprint density at radius 2 is 2.00 bits per heavy atom. The topological polar surface area (TPSA) is 77.0 Å². The first-order valence-corrected chi connectivity index (χ1v) is 6.81. The molecule has 2 rings (SSSR count). The Hall–Kier alpha value is -1.79. The highest BCUT2D eigenvalue weighted by atomic mass is 16.5. The first-order valence-electron chi connectivity index (χ1n) is 6.81. The monoisotopic (exact) mass is 295 g/mol. The lowest BCUT2D eigenvalue weighted by molar-refractivity contribution is -0.141. The second-order valence-corrected chi connectivity index (χ2v) is 5.05. The molecule has 0 amide bonds. The van der Waals surface area contributed by atoms with E-state index < -0.39 is 5.97 Å². The molecular weight excluding hydrogens is 274 g/mol. The van der Waals surface area contributed by atoms with Gasteiger partial charge in [0.15, 0.2) is 11.5 Å². The van der Waals surface area contributed by atoms with Crippen molar-refractivity contribution < 1.29 is 24.1 Å². The third-order valence-corrected chi connectivity index (χ3v) is 3.79. The normalized spacial score (nSPS) is 21.3. The summed E-state index contributed by atoms with van der Waals surface area (Å²) >= 11 is 0. The molecule has 1 heterocycles. The van der Waals surface area contributed by atoms with E-state index >= 15 is 0 Å². The quantitative estimate of drug-likeness (QED) is 0.830. The number of aliphatic carboxylic acids is 1. The number of carbonyl (C=O) groups is 1. The van der Waals surface area contributed by atoms with Gasteiger partial charge in [0.05, 0.1) is 26.7 Å². The van der Waals surface area contributed by atoms with Crippen LogP contribution >= 0.6 is 0 Å². The minimum Gasteiger partial charge on any atom is -0.492 e. The summed E-state index contributed by atoms with van der Waals surface area (Å²) in [5.41, 5.74) is 1.81. The van der Waals surface area contributed by atoms with Crippen molar-refractivity contribution in [3.63, 3.8) is 0 Å². The number of benzene rings is 1. The average Bonchev–Trinajstić information content (AvgIpc) is 2.96. The van der Waals surface area contributed by atoms with E-state index in [1.54, 1.807) is 21.3 Å². The van der Waals surface area contributed by atoms with Gasteiger partial charge in [0.1, 0.15) is 0 Å². The molecule has 6 nitrogen and oxygen atoms in total. The zero-order valence-electron chi connectivity index (χ0n) is 12.5. The molecule has 1 aliphatic rings. The van der Waals surface area contributed by atoms with Gasteiger partial charge in [-0.25, -0.2) is 0 Å². The van der Waals surface area contributed by atoms with Gasteiger partial charge in [-0.05, 0) is 6.42 Å². The van der Waals surface area contributed by atoms with Crippen LogP contribution in [0.1, 0.15) is 23.6 Å². The molecule has 1 aliphatic heterocycles. The van der Waals surface area contributed by atoms with E-state index in [1.165, 1.54) is 0 Å². The maximum Gasteiger partial charge on any atom is 0.307 e. The fourth-order valence-electron chi connectivity index (χ4n) is 2.76. The highest BCUT2D eigenvalue weighted by Crippen LogP contribution is 2.41. The molecule has 2 N–H and O–H groups in total. The molecule has 0 aromatic heterocycles. The molecule has 6 heteroatoms. The summed E-state index contributed by atoms with van der Waals surface area (Å²) in [5.74, 6) is 0.129. The third-order valence-electron chi connectivity index (χ3n) is 3.79. The smallest absolute Gasteiger partial charge is 0.307 e. The minimum absolute atomic E-state index is 0.0495. The van der Waals surface area contributed by atoms with Crippen LogP contribution < -0.4 is 14.8 Å². The Bertz CT molecular complexity index is 517. The zero-order valence-corrected chi connectivity index (χ0v) is 12.5. The van der Waals surface area contributed by atoms with E-state index in [0.717, 1.165) is 11.1 Å². The number of carboxylic acid groups (broad SMARTS) is 1. The number of carboxylic acids is 1. The van der Waals surface area contributed by atoms with E-state index in [0.29, 0.717) is 31.1 Å².